The smallest absolute Gasteiger partial charge is 0.125 e. The number of benzene rings is 1. The Morgan fingerprint density at radius 2 is 1.89 bits per heavy atom. The highest BCUT2D eigenvalue weighted by atomic mass is 19.1. The molecule has 19 heavy (non-hydrogen) atoms. The molecule has 0 radical (unpaired) electrons. The first-order valence-electron chi connectivity index (χ1n) is 7.27. The molecule has 0 heterocycles. The van der Waals surface area contributed by atoms with Gasteiger partial charge in [0, 0.05) is 18.8 Å². The van der Waals surface area contributed by atoms with Gasteiger partial charge in [0.2, 0.25) is 0 Å². The normalized spacial score (nSPS) is 23.4. The molecule has 1 N–H and O–H groups in total. The molecule has 0 spiro atoms. The summed E-state index contributed by atoms with van der Waals surface area (Å²) in [6, 6.07) is 5.34. The van der Waals surface area contributed by atoms with Gasteiger partial charge in [-0.25, -0.2) is 4.39 Å². The average Bonchev–Trinajstić information content (AvgIpc) is 2.46. The van der Waals surface area contributed by atoms with Crippen molar-refractivity contribution in [3.63, 3.8) is 0 Å². The van der Waals surface area contributed by atoms with Crippen LogP contribution >= 0.6 is 0 Å². The summed E-state index contributed by atoms with van der Waals surface area (Å²) >= 11 is 0. The van der Waals surface area contributed by atoms with E-state index in [0.29, 0.717) is 11.6 Å². The van der Waals surface area contributed by atoms with E-state index in [1.807, 2.05) is 13.1 Å². The fourth-order valence-electron chi connectivity index (χ4n) is 3.08. The van der Waals surface area contributed by atoms with Crippen LogP contribution in [0.25, 0.3) is 0 Å². The highest BCUT2D eigenvalue weighted by Crippen LogP contribution is 2.31. The molecule has 0 aromatic heterocycles. The Morgan fingerprint density at radius 1 is 1.21 bits per heavy atom. The van der Waals surface area contributed by atoms with Crippen molar-refractivity contribution < 1.29 is 9.50 Å². The summed E-state index contributed by atoms with van der Waals surface area (Å²) in [6.45, 7) is 2.15. The van der Waals surface area contributed by atoms with Crippen LogP contribution in [0.2, 0.25) is 0 Å². The monoisotopic (exact) mass is 265 g/mol. The number of aliphatic hydroxyl groups is 1. The second-order valence-corrected chi connectivity index (χ2v) is 5.67. The van der Waals surface area contributed by atoms with Gasteiger partial charge in [0.25, 0.3) is 0 Å². The molecule has 106 valence electrons. The molecule has 1 aromatic rings. The maximum atomic E-state index is 13.5. The van der Waals surface area contributed by atoms with Gasteiger partial charge in [0.15, 0.2) is 0 Å². The van der Waals surface area contributed by atoms with E-state index in [0.717, 1.165) is 11.6 Å². The van der Waals surface area contributed by atoms with E-state index in [1.165, 1.54) is 38.2 Å². The second kappa shape index (κ2) is 6.38. The summed E-state index contributed by atoms with van der Waals surface area (Å²) in [6.07, 6.45) is 6.17. The summed E-state index contributed by atoms with van der Waals surface area (Å²) < 4.78 is 13.5. The van der Waals surface area contributed by atoms with E-state index in [9.17, 15) is 4.39 Å². The lowest BCUT2D eigenvalue weighted by molar-refractivity contribution is 0.281. The molecule has 2 rings (SSSR count). The van der Waals surface area contributed by atoms with Crippen molar-refractivity contribution >= 4 is 5.69 Å². The molecule has 1 saturated carbocycles. The zero-order valence-electron chi connectivity index (χ0n) is 11.9. The number of hydrogen-bond acceptors (Lipinski definition) is 2. The highest BCUT2D eigenvalue weighted by Gasteiger charge is 2.23. The number of halogens is 1. The lowest BCUT2D eigenvalue weighted by Crippen LogP contribution is -2.35. The molecule has 1 aromatic carbocycles. The first-order chi connectivity index (χ1) is 9.13. The largest absolute Gasteiger partial charge is 0.392 e. The third kappa shape index (κ3) is 3.47. The van der Waals surface area contributed by atoms with Gasteiger partial charge in [-0.3, -0.25) is 0 Å². The molecular formula is C16H24FNO. The molecule has 0 aliphatic heterocycles. The van der Waals surface area contributed by atoms with Crippen LogP contribution in [-0.2, 0) is 6.61 Å². The van der Waals surface area contributed by atoms with E-state index in [-0.39, 0.29) is 12.4 Å². The maximum Gasteiger partial charge on any atom is 0.125 e. The van der Waals surface area contributed by atoms with Gasteiger partial charge in [-0.2, -0.15) is 0 Å². The zero-order valence-corrected chi connectivity index (χ0v) is 11.9. The van der Waals surface area contributed by atoms with Crippen LogP contribution in [0, 0.1) is 11.7 Å². The Balaban J connectivity index is 2.07. The third-order valence-corrected chi connectivity index (χ3v) is 4.47. The maximum absolute atomic E-state index is 13.5. The molecule has 3 heteroatoms. The molecule has 0 atom stereocenters. The van der Waals surface area contributed by atoms with Crippen LogP contribution in [0.15, 0.2) is 18.2 Å². The fraction of sp³-hybridized carbons (Fsp3) is 0.625. The van der Waals surface area contributed by atoms with Crippen molar-refractivity contribution in [3.05, 3.63) is 29.6 Å². The topological polar surface area (TPSA) is 23.5 Å². The molecule has 1 aliphatic rings. The Kier molecular flexibility index (Phi) is 4.81. The van der Waals surface area contributed by atoms with E-state index >= 15 is 0 Å². The quantitative estimate of drug-likeness (QED) is 0.896. The predicted molar refractivity (Wildman–Crippen MR) is 76.8 cm³/mol. The molecule has 0 unspecified atom stereocenters. The summed E-state index contributed by atoms with van der Waals surface area (Å²) in [7, 11) is 2.03. The molecule has 1 fully saturated rings. The van der Waals surface area contributed by atoms with Crippen molar-refractivity contribution in [3.8, 4) is 0 Å². The summed E-state index contributed by atoms with van der Waals surface area (Å²) in [4.78, 5) is 2.17. The second-order valence-electron chi connectivity index (χ2n) is 5.67. The zero-order chi connectivity index (χ0) is 13.8. The molecule has 0 bridgehead atoms. The van der Waals surface area contributed by atoms with Gasteiger partial charge in [-0.05, 0) is 55.4 Å². The van der Waals surface area contributed by atoms with Crippen molar-refractivity contribution in [2.24, 2.45) is 5.92 Å². The SMILES string of the molecule is CCC1CCC(N(C)c2cc(F)cc(CO)c2)CC1. The number of aliphatic hydroxyl groups excluding tert-OH is 1. The van der Waals surface area contributed by atoms with E-state index in [2.05, 4.69) is 11.8 Å². The van der Waals surface area contributed by atoms with Crippen molar-refractivity contribution in [1.82, 2.24) is 0 Å². The Morgan fingerprint density at radius 3 is 2.47 bits per heavy atom. The predicted octanol–water partition coefficient (Wildman–Crippen LogP) is 3.72. The number of hydrogen-bond donors (Lipinski definition) is 1. The lowest BCUT2D eigenvalue weighted by Gasteiger charge is -2.36. The highest BCUT2D eigenvalue weighted by molar-refractivity contribution is 5.49. The summed E-state index contributed by atoms with van der Waals surface area (Å²) in [5.74, 6) is 0.598. The average molecular weight is 265 g/mol. The van der Waals surface area contributed by atoms with Crippen molar-refractivity contribution in [2.45, 2.75) is 51.7 Å². The van der Waals surface area contributed by atoms with Gasteiger partial charge >= 0.3 is 0 Å². The first-order valence-corrected chi connectivity index (χ1v) is 7.27. The van der Waals surface area contributed by atoms with Crippen LogP contribution < -0.4 is 4.90 Å². The minimum atomic E-state index is -0.268. The van der Waals surface area contributed by atoms with Crippen molar-refractivity contribution in [2.75, 3.05) is 11.9 Å². The van der Waals surface area contributed by atoms with Crippen LogP contribution in [-0.4, -0.2) is 18.2 Å². The van der Waals surface area contributed by atoms with Crippen LogP contribution in [0.5, 0.6) is 0 Å². The van der Waals surface area contributed by atoms with Crippen LogP contribution in [0.1, 0.15) is 44.6 Å². The Hall–Kier alpha value is -1.09. The minimum Gasteiger partial charge on any atom is -0.392 e. The van der Waals surface area contributed by atoms with E-state index in [1.54, 1.807) is 6.07 Å². The fourth-order valence-corrected chi connectivity index (χ4v) is 3.08. The van der Waals surface area contributed by atoms with Crippen molar-refractivity contribution in [1.29, 1.82) is 0 Å². The van der Waals surface area contributed by atoms with Gasteiger partial charge in [-0.15, -0.1) is 0 Å². The molecular weight excluding hydrogens is 241 g/mol. The van der Waals surface area contributed by atoms with Gasteiger partial charge < -0.3 is 10.0 Å². The van der Waals surface area contributed by atoms with E-state index < -0.39 is 0 Å². The van der Waals surface area contributed by atoms with Gasteiger partial charge in [-0.1, -0.05) is 13.3 Å². The first kappa shape index (κ1) is 14.3. The standard InChI is InChI=1S/C16H24FNO/c1-3-12-4-6-15(7-5-12)18(2)16-9-13(11-19)8-14(17)10-16/h8-10,12,15,19H,3-7,11H2,1-2H3. The number of anilines is 1. The number of nitrogens with zero attached hydrogens (tertiary/aromatic N) is 1. The molecule has 0 saturated heterocycles. The Labute approximate surface area is 115 Å². The van der Waals surface area contributed by atoms with Crippen LogP contribution in [0.4, 0.5) is 10.1 Å². The minimum absolute atomic E-state index is 0.110. The lowest BCUT2D eigenvalue weighted by atomic mass is 9.84. The number of rotatable bonds is 4. The third-order valence-electron chi connectivity index (χ3n) is 4.47. The Bertz CT molecular complexity index is 413. The van der Waals surface area contributed by atoms with Gasteiger partial charge in [0.05, 0.1) is 6.61 Å². The summed E-state index contributed by atoms with van der Waals surface area (Å²) in [5, 5.41) is 9.16. The molecule has 2 nitrogen and oxygen atoms in total. The van der Waals surface area contributed by atoms with Crippen LogP contribution in [0.3, 0.4) is 0 Å². The van der Waals surface area contributed by atoms with Gasteiger partial charge in [0.1, 0.15) is 5.82 Å². The van der Waals surface area contributed by atoms with E-state index in [4.69, 9.17) is 5.11 Å². The molecule has 1 aliphatic carbocycles. The molecule has 0 amide bonds. The summed E-state index contributed by atoms with van der Waals surface area (Å²) in [5.41, 5.74) is 1.52.